The van der Waals surface area contributed by atoms with Crippen molar-refractivity contribution in [2.24, 2.45) is 15.9 Å². The molecule has 0 aromatic rings. The Kier molecular flexibility index (Phi) is 40.4. The first kappa shape index (κ1) is 88.2. The first-order valence-electron chi connectivity index (χ1n) is 32.1. The number of ether oxygens (including phenoxy) is 13. The van der Waals surface area contributed by atoms with Gasteiger partial charge in [-0.15, -0.1) is 6.42 Å². The molecular weight excluding hydrogens is 1330 g/mol. The maximum absolute atomic E-state index is 13.5. The predicted molar refractivity (Wildman–Crippen MR) is 351 cm³/mol. The van der Waals surface area contributed by atoms with Gasteiger partial charge in [0.25, 0.3) is 0 Å². The number of nitrogens with one attached hydrogen (secondary N) is 6. The summed E-state index contributed by atoms with van der Waals surface area (Å²) in [4.78, 5) is 126. The minimum atomic E-state index is -1.89. The number of aliphatic hydroxyl groups excluding tert-OH is 4. The molecule has 37 heteroatoms. The van der Waals surface area contributed by atoms with Crippen molar-refractivity contribution in [1.82, 2.24) is 36.8 Å². The second kappa shape index (κ2) is 45.8. The number of aliphatic imine (C=N–C) groups is 2. The number of aliphatic hydroxyl groups is 4. The Morgan fingerprint density at radius 1 is 0.580 bits per heavy atom. The van der Waals surface area contributed by atoms with E-state index >= 15 is 0 Å². The lowest BCUT2D eigenvalue weighted by Gasteiger charge is -2.40. The fourth-order valence-electron chi connectivity index (χ4n) is 8.87. The number of nitrogens with zero attached hydrogens (tertiary/aromatic N) is 3. The topological polar surface area (TPSA) is 495 Å². The van der Waals surface area contributed by atoms with Crippen LogP contribution in [0.5, 0.6) is 0 Å². The van der Waals surface area contributed by atoms with E-state index in [1.807, 2.05) is 0 Å². The number of aliphatic carboxylic acids is 2. The van der Waals surface area contributed by atoms with Crippen molar-refractivity contribution >= 4 is 65.6 Å². The lowest BCUT2D eigenvalue weighted by atomic mass is 9.87. The molecule has 0 bridgehead atoms. The summed E-state index contributed by atoms with van der Waals surface area (Å²) >= 11 is 0. The lowest BCUT2D eigenvalue weighted by molar-refractivity contribution is -0.160. The normalized spacial score (nSPS) is 19.0. The van der Waals surface area contributed by atoms with Crippen molar-refractivity contribution in [1.29, 1.82) is 0 Å². The Morgan fingerprint density at radius 3 is 1.42 bits per heavy atom. The average molecular weight is 1430 g/mol. The zero-order chi connectivity index (χ0) is 75.2. The maximum Gasteiger partial charge on any atom is 0.414 e. The highest BCUT2D eigenvalue weighted by molar-refractivity contribution is 6.01. The standard InChI is InChI=1S/C63H103N9O28/c1-14-20-88-26-28-92-30-31-93-29-27-89-21-15-49(80)72(18-24-90-22-16-64-47(78)36-94-52(43(76)34-73)51-38(2)41(32-45(96-51)55(81)82)66-39(3)67-58(85)98-61(5,6)7)19-25-91-23-17-65-48(79)37-95-53(44(77)35-74)54-50(68-40(4)75)42(33-46(97-54)56(83)84)69-57(70-59(86)99-62(8,9)10)71-60(87)100-63(11,12)13/h1,32-33,38,41-44,50-54,73-74,76-77H,15-31,34-37H2,2-13H3,(H,64,78)(H,65,79)(H,68,75)(H,81,82)(H,83,84)(H,66,67,85)(H2,69,70,71,86,87)/t38-,41+,42+,43+,44+,50-,51-,52+,53+,54-/m0/s1. The number of carboxylic acid groups (broad SMARTS) is 2. The van der Waals surface area contributed by atoms with Gasteiger partial charge >= 0.3 is 30.2 Å². The number of carboxylic acids is 2. The lowest BCUT2D eigenvalue weighted by Crippen LogP contribution is -2.61. The number of hydrogen-bond acceptors (Lipinski definition) is 28. The van der Waals surface area contributed by atoms with Gasteiger partial charge in [0.1, 0.15) is 73.0 Å². The van der Waals surface area contributed by atoms with Crippen LogP contribution in [-0.4, -0.2) is 305 Å². The van der Waals surface area contributed by atoms with Gasteiger partial charge < -0.3 is 113 Å². The number of terminal acetylenes is 1. The average Bonchev–Trinajstić information content (AvgIpc) is 0.799. The van der Waals surface area contributed by atoms with Crippen LogP contribution >= 0.6 is 0 Å². The molecule has 0 aromatic heterocycles. The van der Waals surface area contributed by atoms with Crippen LogP contribution in [0, 0.1) is 18.3 Å². The second-order valence-electron chi connectivity index (χ2n) is 25.2. The number of guanidine groups is 1. The third kappa shape index (κ3) is 37.5. The molecule has 100 heavy (non-hydrogen) atoms. The van der Waals surface area contributed by atoms with Gasteiger partial charge in [-0.2, -0.15) is 0 Å². The predicted octanol–water partition coefficient (Wildman–Crippen LogP) is -1.39. The molecule has 12 N–H and O–H groups in total. The van der Waals surface area contributed by atoms with Gasteiger partial charge in [-0.3, -0.25) is 40.1 Å². The molecule has 0 saturated heterocycles. The van der Waals surface area contributed by atoms with Gasteiger partial charge in [0.05, 0.1) is 110 Å². The molecule has 7 amide bonds. The van der Waals surface area contributed by atoms with Gasteiger partial charge in [0.15, 0.2) is 6.10 Å². The number of carbonyl (C=O) groups excluding carboxylic acids is 7. The Labute approximate surface area is 581 Å². The molecule has 0 aliphatic carbocycles. The number of hydrogen-bond donors (Lipinski definition) is 12. The highest BCUT2D eigenvalue weighted by Gasteiger charge is 2.46. The van der Waals surface area contributed by atoms with E-state index in [1.54, 1.807) is 69.2 Å². The maximum atomic E-state index is 13.5. The zero-order valence-electron chi connectivity index (χ0n) is 58.9. The molecule has 0 saturated carbocycles. The van der Waals surface area contributed by atoms with Crippen LogP contribution in [0.2, 0.25) is 0 Å². The molecule has 0 aromatic carbocycles. The molecule has 0 radical (unpaired) electrons. The minimum absolute atomic E-state index is 0.0248. The molecule has 0 unspecified atom stereocenters. The molecule has 568 valence electrons. The molecule has 0 fully saturated rings. The Balaban J connectivity index is 2.14. The van der Waals surface area contributed by atoms with E-state index < -0.39 is 169 Å². The van der Waals surface area contributed by atoms with Crippen LogP contribution in [0.1, 0.15) is 89.5 Å². The number of rotatable bonds is 42. The minimum Gasteiger partial charge on any atom is -0.480 e. The van der Waals surface area contributed by atoms with Crippen LogP contribution in [0.15, 0.2) is 33.7 Å². The fraction of sp³-hybridized carbons (Fsp3) is 0.730. The summed E-state index contributed by atoms with van der Waals surface area (Å²) in [5.74, 6) is -6.02. The van der Waals surface area contributed by atoms with Crippen molar-refractivity contribution in [3.63, 3.8) is 0 Å². The Morgan fingerprint density at radius 2 is 0.990 bits per heavy atom. The number of alkyl carbamates (subject to hydrolysis) is 3. The van der Waals surface area contributed by atoms with Crippen molar-refractivity contribution in [2.45, 2.75) is 161 Å². The summed E-state index contributed by atoms with van der Waals surface area (Å²) in [5.41, 5.74) is -2.90. The molecule has 2 heterocycles. The highest BCUT2D eigenvalue weighted by atomic mass is 16.6. The van der Waals surface area contributed by atoms with Crippen molar-refractivity contribution in [3.8, 4) is 12.3 Å². The molecule has 37 nitrogen and oxygen atoms in total. The third-order valence-electron chi connectivity index (χ3n) is 13.1. The summed E-state index contributed by atoms with van der Waals surface area (Å²) in [5, 5.41) is 76.6. The van der Waals surface area contributed by atoms with E-state index in [2.05, 4.69) is 47.8 Å². The first-order valence-corrected chi connectivity index (χ1v) is 32.1. The van der Waals surface area contributed by atoms with Crippen LogP contribution in [0.25, 0.3) is 0 Å². The summed E-state index contributed by atoms with van der Waals surface area (Å²) in [6.07, 6.45) is -5.58. The van der Waals surface area contributed by atoms with Crippen LogP contribution in [-0.2, 0) is 90.3 Å². The smallest absolute Gasteiger partial charge is 0.414 e. The summed E-state index contributed by atoms with van der Waals surface area (Å²) < 4.78 is 71.9. The molecule has 2 rings (SSSR count). The van der Waals surface area contributed by atoms with Crippen LogP contribution in [0.4, 0.5) is 14.4 Å². The zero-order valence-corrected chi connectivity index (χ0v) is 58.9. The molecule has 2 aliphatic heterocycles. The van der Waals surface area contributed by atoms with Crippen LogP contribution < -0.4 is 31.9 Å². The quantitative estimate of drug-likeness (QED) is 0.0110. The molecule has 10 atom stereocenters. The van der Waals surface area contributed by atoms with E-state index in [1.165, 1.54) is 17.9 Å². The summed E-state index contributed by atoms with van der Waals surface area (Å²) in [6, 6.07) is -4.00. The largest absolute Gasteiger partial charge is 0.480 e. The van der Waals surface area contributed by atoms with Gasteiger partial charge in [0, 0.05) is 39.0 Å². The highest BCUT2D eigenvalue weighted by Crippen LogP contribution is 2.31. The summed E-state index contributed by atoms with van der Waals surface area (Å²) in [6.45, 7) is 16.6. The number of amides is 7. The second-order valence-corrected chi connectivity index (χ2v) is 25.2. The van der Waals surface area contributed by atoms with Gasteiger partial charge in [-0.05, 0) is 81.4 Å². The Hall–Kier alpha value is -7.87. The monoisotopic (exact) mass is 1430 g/mol. The Bertz CT molecular complexity index is 2750. The van der Waals surface area contributed by atoms with Gasteiger partial charge in [-0.1, -0.05) is 12.8 Å². The van der Waals surface area contributed by atoms with Crippen LogP contribution in [0.3, 0.4) is 0 Å². The fourth-order valence-corrected chi connectivity index (χ4v) is 8.87. The van der Waals surface area contributed by atoms with Gasteiger partial charge in [-0.25, -0.2) is 29.0 Å². The third-order valence-corrected chi connectivity index (χ3v) is 13.1. The number of carbonyl (C=O) groups is 9. The first-order chi connectivity index (χ1) is 47.0. The summed E-state index contributed by atoms with van der Waals surface area (Å²) in [7, 11) is 0. The van der Waals surface area contributed by atoms with Crippen molar-refractivity contribution in [2.75, 3.05) is 132 Å². The number of amidine groups is 1. The van der Waals surface area contributed by atoms with E-state index in [0.717, 1.165) is 13.0 Å². The van der Waals surface area contributed by atoms with Crippen molar-refractivity contribution < 1.29 is 135 Å². The van der Waals surface area contributed by atoms with E-state index in [9.17, 15) is 73.8 Å². The molecule has 2 aliphatic rings. The van der Waals surface area contributed by atoms with E-state index in [0.29, 0.717) is 19.8 Å². The molecular formula is C63H103N9O28. The van der Waals surface area contributed by atoms with E-state index in [4.69, 9.17) is 68.0 Å². The molecule has 0 spiro atoms. The van der Waals surface area contributed by atoms with Crippen molar-refractivity contribution in [3.05, 3.63) is 23.7 Å². The van der Waals surface area contributed by atoms with E-state index in [-0.39, 0.29) is 104 Å². The van der Waals surface area contributed by atoms with Gasteiger partial charge in [0.2, 0.25) is 41.1 Å². The SMILES string of the molecule is C#CCOCCOCCOCCOCCC(=O)N(CCOCCNC(=O)CO[C@@H]([C@H]1OC(C(=O)O)=C[C@@H](N=C(C)NC(=O)OC(C)(C)C)[C@@H]1C)[C@H](O)CO)CCOCCNC(=O)CO[C@@H]([C@H]1OC(C(=O)O)=C[C@@H](N=C(NC(=O)OC(C)(C)C)NC(=O)OC(C)(C)C)[C@@H]1NC(C)=O)[C@H](O)CO.